The molecule has 0 saturated heterocycles. The fourth-order valence-corrected chi connectivity index (χ4v) is 8.35. The van der Waals surface area contributed by atoms with E-state index < -0.39 is 0 Å². The van der Waals surface area contributed by atoms with Crippen molar-refractivity contribution in [2.24, 2.45) is 0 Å². The number of hydrogen-bond donors (Lipinski definition) is 0. The zero-order valence-electron chi connectivity index (χ0n) is 27.0. The first-order valence-corrected chi connectivity index (χ1v) is 17.1. The highest BCUT2D eigenvalue weighted by Gasteiger charge is 2.23. The summed E-state index contributed by atoms with van der Waals surface area (Å²) in [4.78, 5) is 0. The minimum atomic E-state index is 0.846. The summed E-state index contributed by atoms with van der Waals surface area (Å²) in [6.07, 6.45) is 0. The van der Waals surface area contributed by atoms with Gasteiger partial charge in [0, 0.05) is 21.7 Å². The summed E-state index contributed by atoms with van der Waals surface area (Å²) >= 11 is 0. The molecule has 2 nitrogen and oxygen atoms in total. The van der Waals surface area contributed by atoms with Crippen LogP contribution < -0.4 is 0 Å². The standard InChI is InChI=1S/C48H28O2/c1-2-14-29(15-3-1)44-34-19-6-8-21-36(34)45(37-22-9-7-20-35(37)44)38-27-26-32(30-16-4-5-17-31(30)38)40-28-41-33-18-10-12-24-42(33)49-48(41)46-39-23-11-13-25-43(39)50-47(40)46/h1-28H. The molecule has 2 heteroatoms. The molecule has 0 atom stereocenters. The quantitative estimate of drug-likeness (QED) is 0.180. The Labute approximate surface area is 287 Å². The Morgan fingerprint density at radius 2 is 0.740 bits per heavy atom. The van der Waals surface area contributed by atoms with Gasteiger partial charge >= 0.3 is 0 Å². The van der Waals surface area contributed by atoms with Crippen LogP contribution in [0.1, 0.15) is 0 Å². The first-order chi connectivity index (χ1) is 24.8. The lowest BCUT2D eigenvalue weighted by Gasteiger charge is -2.19. The van der Waals surface area contributed by atoms with Gasteiger partial charge in [-0.1, -0.05) is 152 Å². The maximum Gasteiger partial charge on any atom is 0.147 e. The Hall–Kier alpha value is -6.64. The molecule has 0 N–H and O–H groups in total. The predicted octanol–water partition coefficient (Wildman–Crippen LogP) is 13.9. The molecule has 0 aliphatic rings. The summed E-state index contributed by atoms with van der Waals surface area (Å²) in [6, 6.07) is 60.8. The molecule has 9 aromatic carbocycles. The van der Waals surface area contributed by atoms with Gasteiger partial charge in [0.05, 0.1) is 5.39 Å². The summed E-state index contributed by atoms with van der Waals surface area (Å²) in [5.41, 5.74) is 10.6. The smallest absolute Gasteiger partial charge is 0.147 e. The van der Waals surface area contributed by atoms with Crippen molar-refractivity contribution < 1.29 is 8.83 Å². The molecule has 0 radical (unpaired) electrons. The molecule has 0 aliphatic heterocycles. The fraction of sp³-hybridized carbons (Fsp3) is 0. The summed E-state index contributed by atoms with van der Waals surface area (Å²) in [6.45, 7) is 0. The van der Waals surface area contributed by atoms with Crippen LogP contribution in [0, 0.1) is 0 Å². The highest BCUT2D eigenvalue weighted by atomic mass is 16.3. The molecule has 11 aromatic rings. The molecule has 232 valence electrons. The molecule has 0 spiro atoms. The van der Waals surface area contributed by atoms with Gasteiger partial charge in [0.2, 0.25) is 0 Å². The van der Waals surface area contributed by atoms with Gasteiger partial charge in [0.25, 0.3) is 0 Å². The van der Waals surface area contributed by atoms with E-state index in [4.69, 9.17) is 8.83 Å². The maximum atomic E-state index is 6.72. The van der Waals surface area contributed by atoms with Crippen LogP contribution in [0.2, 0.25) is 0 Å². The first-order valence-electron chi connectivity index (χ1n) is 17.1. The number of furan rings is 2. The normalized spacial score (nSPS) is 12.0. The second-order valence-corrected chi connectivity index (χ2v) is 13.1. The van der Waals surface area contributed by atoms with E-state index in [-0.39, 0.29) is 0 Å². The third kappa shape index (κ3) is 3.79. The number of fused-ring (bicyclic) bond motifs is 10. The van der Waals surface area contributed by atoms with E-state index in [1.165, 1.54) is 54.6 Å². The first kappa shape index (κ1) is 27.3. The zero-order valence-corrected chi connectivity index (χ0v) is 27.0. The minimum absolute atomic E-state index is 0.846. The van der Waals surface area contributed by atoms with Crippen molar-refractivity contribution >= 4 is 76.2 Å². The van der Waals surface area contributed by atoms with Crippen LogP contribution in [0.4, 0.5) is 0 Å². The highest BCUT2D eigenvalue weighted by Crippen LogP contribution is 2.49. The third-order valence-corrected chi connectivity index (χ3v) is 10.5. The van der Waals surface area contributed by atoms with Gasteiger partial charge in [-0.2, -0.15) is 0 Å². The van der Waals surface area contributed by atoms with Gasteiger partial charge in [-0.15, -0.1) is 0 Å². The SMILES string of the molecule is c1ccc(-c2c3ccccc3c(-c3ccc(-c4cc5c6ccccc6oc5c5c4oc4ccccc45)c4ccccc34)c3ccccc23)cc1. The predicted molar refractivity (Wildman–Crippen MR) is 210 cm³/mol. The average Bonchev–Trinajstić information content (AvgIpc) is 3.75. The van der Waals surface area contributed by atoms with Crippen LogP contribution in [-0.4, -0.2) is 0 Å². The molecule has 0 aliphatic carbocycles. The lowest BCUT2D eigenvalue weighted by atomic mass is 9.83. The van der Waals surface area contributed by atoms with Crippen molar-refractivity contribution in [3.8, 4) is 33.4 Å². The third-order valence-electron chi connectivity index (χ3n) is 10.5. The number of rotatable bonds is 3. The molecule has 0 fully saturated rings. The number of hydrogen-bond acceptors (Lipinski definition) is 2. The zero-order chi connectivity index (χ0) is 32.8. The minimum Gasteiger partial charge on any atom is -0.455 e. The molecule has 0 saturated carbocycles. The topological polar surface area (TPSA) is 26.3 Å². The molecule has 2 aromatic heterocycles. The summed E-state index contributed by atoms with van der Waals surface area (Å²) < 4.78 is 13.3. The lowest BCUT2D eigenvalue weighted by Crippen LogP contribution is -1.92. The Balaban J connectivity index is 1.25. The van der Waals surface area contributed by atoms with Gasteiger partial charge in [-0.05, 0) is 78.3 Å². The molecule has 0 unspecified atom stereocenters. The Kier molecular flexibility index (Phi) is 5.70. The molecular weight excluding hydrogens is 609 g/mol. The van der Waals surface area contributed by atoms with E-state index in [2.05, 4.69) is 146 Å². The van der Waals surface area contributed by atoms with Crippen LogP contribution in [0.3, 0.4) is 0 Å². The van der Waals surface area contributed by atoms with Gasteiger partial charge in [0.15, 0.2) is 0 Å². The Morgan fingerprint density at radius 1 is 0.280 bits per heavy atom. The van der Waals surface area contributed by atoms with Crippen molar-refractivity contribution in [2.75, 3.05) is 0 Å². The van der Waals surface area contributed by atoms with Crippen molar-refractivity contribution in [3.05, 3.63) is 170 Å². The van der Waals surface area contributed by atoms with Gasteiger partial charge in [-0.3, -0.25) is 0 Å². The largest absolute Gasteiger partial charge is 0.455 e. The van der Waals surface area contributed by atoms with Crippen LogP contribution in [0.25, 0.3) is 110 Å². The molecular formula is C48H28O2. The van der Waals surface area contributed by atoms with E-state index >= 15 is 0 Å². The Bertz CT molecular complexity index is 3080. The van der Waals surface area contributed by atoms with E-state index in [0.717, 1.165) is 55.0 Å². The van der Waals surface area contributed by atoms with E-state index in [0.29, 0.717) is 0 Å². The van der Waals surface area contributed by atoms with Gasteiger partial charge in [-0.25, -0.2) is 0 Å². The van der Waals surface area contributed by atoms with E-state index in [1.54, 1.807) is 0 Å². The van der Waals surface area contributed by atoms with Crippen LogP contribution >= 0.6 is 0 Å². The molecule has 2 heterocycles. The van der Waals surface area contributed by atoms with Crippen molar-refractivity contribution in [1.29, 1.82) is 0 Å². The van der Waals surface area contributed by atoms with E-state index in [9.17, 15) is 0 Å². The molecule has 0 bridgehead atoms. The highest BCUT2D eigenvalue weighted by molar-refractivity contribution is 6.28. The van der Waals surface area contributed by atoms with Crippen LogP contribution in [-0.2, 0) is 0 Å². The lowest BCUT2D eigenvalue weighted by molar-refractivity contribution is 0.663. The van der Waals surface area contributed by atoms with Gasteiger partial charge in [0.1, 0.15) is 22.3 Å². The second-order valence-electron chi connectivity index (χ2n) is 13.1. The fourth-order valence-electron chi connectivity index (χ4n) is 8.35. The molecule has 0 amide bonds. The van der Waals surface area contributed by atoms with Crippen LogP contribution in [0.5, 0.6) is 0 Å². The summed E-state index contributed by atoms with van der Waals surface area (Å²) in [5.74, 6) is 0. The van der Waals surface area contributed by atoms with Crippen molar-refractivity contribution in [2.45, 2.75) is 0 Å². The number of benzene rings is 9. The van der Waals surface area contributed by atoms with Gasteiger partial charge < -0.3 is 8.83 Å². The number of para-hydroxylation sites is 2. The van der Waals surface area contributed by atoms with Crippen molar-refractivity contribution in [3.63, 3.8) is 0 Å². The average molecular weight is 637 g/mol. The summed E-state index contributed by atoms with van der Waals surface area (Å²) in [7, 11) is 0. The molecule has 11 rings (SSSR count). The second kappa shape index (κ2) is 10.4. The Morgan fingerprint density at radius 3 is 1.40 bits per heavy atom. The summed E-state index contributed by atoms with van der Waals surface area (Å²) in [5, 5.41) is 11.7. The van der Waals surface area contributed by atoms with E-state index in [1.807, 2.05) is 24.3 Å². The maximum absolute atomic E-state index is 6.72. The monoisotopic (exact) mass is 636 g/mol. The molecule has 50 heavy (non-hydrogen) atoms. The van der Waals surface area contributed by atoms with Crippen LogP contribution in [0.15, 0.2) is 179 Å². The van der Waals surface area contributed by atoms with Crippen molar-refractivity contribution in [1.82, 2.24) is 0 Å².